The molecule has 0 saturated carbocycles. The monoisotopic (exact) mass is 384 g/mol. The molecule has 3 aromatic carbocycles. The lowest BCUT2D eigenvalue weighted by atomic mass is 9.85. The Balaban J connectivity index is 1.32. The van der Waals surface area contributed by atoms with Gasteiger partial charge in [0.1, 0.15) is 0 Å². The number of carbonyl (C=O) groups excluding carboxylic acids is 1. The maximum absolute atomic E-state index is 13.0. The number of fused-ring (bicyclic) bond motifs is 2. The van der Waals surface area contributed by atoms with Gasteiger partial charge >= 0.3 is 6.03 Å². The second-order valence-electron chi connectivity index (χ2n) is 7.80. The first-order valence-electron chi connectivity index (χ1n) is 10.1. The minimum atomic E-state index is -0.0165. The van der Waals surface area contributed by atoms with Crippen LogP contribution in [0.2, 0.25) is 0 Å². The lowest BCUT2D eigenvalue weighted by Crippen LogP contribution is -2.44. The van der Waals surface area contributed by atoms with Crippen molar-refractivity contribution in [2.75, 3.05) is 6.54 Å². The van der Waals surface area contributed by atoms with Crippen molar-refractivity contribution in [1.82, 2.24) is 10.2 Å². The minimum Gasteiger partial charge on any atom is -0.372 e. The Morgan fingerprint density at radius 3 is 2.62 bits per heavy atom. The van der Waals surface area contributed by atoms with Crippen molar-refractivity contribution in [1.29, 1.82) is 0 Å². The van der Waals surface area contributed by atoms with Crippen molar-refractivity contribution >= 4 is 6.03 Å². The van der Waals surface area contributed by atoms with Gasteiger partial charge in [0, 0.05) is 25.6 Å². The third-order valence-corrected chi connectivity index (χ3v) is 5.91. The normalized spacial score (nSPS) is 17.5. The van der Waals surface area contributed by atoms with E-state index in [9.17, 15) is 4.79 Å². The Hall–Kier alpha value is -3.11. The van der Waals surface area contributed by atoms with Gasteiger partial charge in [-0.25, -0.2) is 4.79 Å². The number of amides is 2. The van der Waals surface area contributed by atoms with E-state index in [1.165, 1.54) is 27.8 Å². The van der Waals surface area contributed by atoms with Gasteiger partial charge in [-0.3, -0.25) is 0 Å². The van der Waals surface area contributed by atoms with Crippen LogP contribution in [-0.2, 0) is 31.0 Å². The van der Waals surface area contributed by atoms with E-state index in [-0.39, 0.29) is 11.9 Å². The first-order chi connectivity index (χ1) is 14.3. The molecule has 1 N–H and O–H groups in total. The van der Waals surface area contributed by atoms with Gasteiger partial charge in [-0.15, -0.1) is 0 Å². The molecule has 2 amide bonds. The zero-order valence-corrected chi connectivity index (χ0v) is 16.3. The lowest BCUT2D eigenvalue weighted by Gasteiger charge is -2.35. The van der Waals surface area contributed by atoms with Gasteiger partial charge in [-0.05, 0) is 33.4 Å². The number of hydrogen-bond acceptors (Lipinski definition) is 2. The first-order valence-corrected chi connectivity index (χ1v) is 10.1. The van der Waals surface area contributed by atoms with Gasteiger partial charge in [-0.2, -0.15) is 0 Å². The highest BCUT2D eigenvalue weighted by atomic mass is 16.5. The number of nitrogens with one attached hydrogen (secondary N) is 1. The molecule has 0 aliphatic carbocycles. The zero-order chi connectivity index (χ0) is 19.6. The summed E-state index contributed by atoms with van der Waals surface area (Å²) in [5, 5.41) is 3.11. The SMILES string of the molecule is O=C(NCc1ccc2c(c1)COC2)N1Cc2ccccc2C(c2ccccc2)C1. The molecule has 4 heteroatoms. The molecule has 0 bridgehead atoms. The number of ether oxygens (including phenoxy) is 1. The van der Waals surface area contributed by atoms with Crippen molar-refractivity contribution in [3.8, 4) is 0 Å². The quantitative estimate of drug-likeness (QED) is 0.718. The smallest absolute Gasteiger partial charge is 0.317 e. The van der Waals surface area contributed by atoms with Crippen LogP contribution in [0.15, 0.2) is 72.8 Å². The summed E-state index contributed by atoms with van der Waals surface area (Å²) in [6.45, 7) is 3.21. The zero-order valence-electron chi connectivity index (χ0n) is 16.3. The summed E-state index contributed by atoms with van der Waals surface area (Å²) in [6, 6.07) is 25.2. The van der Waals surface area contributed by atoms with Gasteiger partial charge in [0.15, 0.2) is 0 Å². The number of hydrogen-bond donors (Lipinski definition) is 1. The number of rotatable bonds is 3. The van der Waals surface area contributed by atoms with E-state index >= 15 is 0 Å². The van der Waals surface area contributed by atoms with Crippen molar-refractivity contribution in [3.05, 3.63) is 106 Å². The molecule has 0 fully saturated rings. The molecule has 0 spiro atoms. The van der Waals surface area contributed by atoms with Crippen molar-refractivity contribution in [2.45, 2.75) is 32.2 Å². The Kier molecular flexibility index (Phi) is 4.78. The lowest BCUT2D eigenvalue weighted by molar-refractivity contribution is 0.134. The summed E-state index contributed by atoms with van der Waals surface area (Å²) >= 11 is 0. The van der Waals surface area contributed by atoms with Crippen LogP contribution >= 0.6 is 0 Å². The van der Waals surface area contributed by atoms with Crippen LogP contribution < -0.4 is 5.32 Å². The third-order valence-electron chi connectivity index (χ3n) is 5.91. The van der Waals surface area contributed by atoms with E-state index in [1.807, 2.05) is 11.0 Å². The van der Waals surface area contributed by atoms with Crippen LogP contribution in [0.4, 0.5) is 4.79 Å². The highest BCUT2D eigenvalue weighted by Gasteiger charge is 2.28. The summed E-state index contributed by atoms with van der Waals surface area (Å²) in [5.74, 6) is 0.198. The van der Waals surface area contributed by atoms with E-state index in [0.717, 1.165) is 5.56 Å². The summed E-state index contributed by atoms with van der Waals surface area (Å²) in [6.07, 6.45) is 0. The fourth-order valence-corrected chi connectivity index (χ4v) is 4.36. The molecular weight excluding hydrogens is 360 g/mol. The third kappa shape index (κ3) is 3.64. The van der Waals surface area contributed by atoms with Crippen molar-refractivity contribution in [3.63, 3.8) is 0 Å². The standard InChI is InChI=1S/C25H24N2O2/c28-25(26-13-18-10-11-21-16-29-17-22(21)12-18)27-14-20-8-4-5-9-23(20)24(15-27)19-6-2-1-3-7-19/h1-12,24H,13-17H2,(H,26,28). The summed E-state index contributed by atoms with van der Waals surface area (Å²) in [4.78, 5) is 14.9. The maximum atomic E-state index is 13.0. The fraction of sp³-hybridized carbons (Fsp3) is 0.240. The summed E-state index contributed by atoms with van der Waals surface area (Å²) < 4.78 is 5.48. The molecule has 5 rings (SSSR count). The van der Waals surface area contributed by atoms with Crippen LogP contribution in [0.1, 0.15) is 39.3 Å². The number of carbonyl (C=O) groups is 1. The molecule has 4 nitrogen and oxygen atoms in total. The highest BCUT2D eigenvalue weighted by molar-refractivity contribution is 5.75. The molecule has 2 aliphatic rings. The van der Waals surface area contributed by atoms with Crippen molar-refractivity contribution in [2.24, 2.45) is 0 Å². The topological polar surface area (TPSA) is 41.6 Å². The predicted molar refractivity (Wildman–Crippen MR) is 112 cm³/mol. The van der Waals surface area contributed by atoms with Crippen LogP contribution in [0.25, 0.3) is 0 Å². The van der Waals surface area contributed by atoms with E-state index < -0.39 is 0 Å². The van der Waals surface area contributed by atoms with Crippen LogP contribution in [0.3, 0.4) is 0 Å². The van der Waals surface area contributed by atoms with Gasteiger partial charge in [0.25, 0.3) is 0 Å². The number of benzene rings is 3. The predicted octanol–water partition coefficient (Wildman–Crippen LogP) is 4.57. The molecule has 3 aromatic rings. The Labute approximate surface area is 171 Å². The average Bonchev–Trinajstić information content (AvgIpc) is 3.25. The Morgan fingerprint density at radius 2 is 1.72 bits per heavy atom. The highest BCUT2D eigenvalue weighted by Crippen LogP contribution is 2.33. The van der Waals surface area contributed by atoms with E-state index in [0.29, 0.717) is 32.8 Å². The van der Waals surface area contributed by atoms with Gasteiger partial charge in [-0.1, -0.05) is 72.8 Å². The molecule has 146 valence electrons. The van der Waals surface area contributed by atoms with Gasteiger partial charge in [0.05, 0.1) is 13.2 Å². The van der Waals surface area contributed by atoms with Crippen LogP contribution in [0, 0.1) is 0 Å². The van der Waals surface area contributed by atoms with Gasteiger partial charge in [0.2, 0.25) is 0 Å². The molecule has 2 aliphatic heterocycles. The maximum Gasteiger partial charge on any atom is 0.317 e. The molecule has 0 aromatic heterocycles. The van der Waals surface area contributed by atoms with E-state index in [2.05, 4.69) is 72.0 Å². The minimum absolute atomic E-state index is 0.0165. The Morgan fingerprint density at radius 1 is 0.931 bits per heavy atom. The molecule has 29 heavy (non-hydrogen) atoms. The summed E-state index contributed by atoms with van der Waals surface area (Å²) in [5.41, 5.74) is 7.38. The largest absolute Gasteiger partial charge is 0.372 e. The van der Waals surface area contributed by atoms with E-state index in [1.54, 1.807) is 0 Å². The van der Waals surface area contributed by atoms with Gasteiger partial charge < -0.3 is 15.0 Å². The number of nitrogens with zero attached hydrogens (tertiary/aromatic N) is 1. The molecule has 1 atom stereocenters. The first kappa shape index (κ1) is 18.0. The molecular formula is C25H24N2O2. The molecule has 1 unspecified atom stereocenters. The summed E-state index contributed by atoms with van der Waals surface area (Å²) in [7, 11) is 0. The van der Waals surface area contributed by atoms with Crippen LogP contribution in [-0.4, -0.2) is 17.5 Å². The number of urea groups is 1. The molecule has 0 saturated heterocycles. The molecule has 0 radical (unpaired) electrons. The van der Waals surface area contributed by atoms with E-state index in [4.69, 9.17) is 4.74 Å². The second-order valence-corrected chi connectivity index (χ2v) is 7.80. The van der Waals surface area contributed by atoms with Crippen molar-refractivity contribution < 1.29 is 9.53 Å². The Bertz CT molecular complexity index is 1030. The average molecular weight is 384 g/mol. The van der Waals surface area contributed by atoms with Crippen LogP contribution in [0.5, 0.6) is 0 Å². The fourth-order valence-electron chi connectivity index (χ4n) is 4.36. The molecule has 2 heterocycles. The second kappa shape index (κ2) is 7.72.